The standard InChI is InChI=1S/3C7H7NO3/c9-6(7(10)11)5-1-3-8-4-2-5;9-6(7(10)11)5-2-1-3-8-4-5;9-6(7(10)11)5-3-1-2-4-8-5/h3*1-4,6,9H,(H,10,11). The SMILES string of the molecule is O=C(O)C(O)c1ccccn1.O=C(O)C(O)c1cccnc1.O=C(O)C(O)c1ccncc1. The first kappa shape index (κ1) is 26.8. The van der Waals surface area contributed by atoms with E-state index in [9.17, 15) is 14.4 Å². The van der Waals surface area contributed by atoms with E-state index in [1.165, 1.54) is 55.2 Å². The average molecular weight is 459 g/mol. The highest BCUT2D eigenvalue weighted by molar-refractivity contribution is 5.74. The van der Waals surface area contributed by atoms with Crippen LogP contribution in [0.25, 0.3) is 0 Å². The Balaban J connectivity index is 0.000000247. The van der Waals surface area contributed by atoms with Gasteiger partial charge in [0, 0.05) is 36.5 Å². The molecule has 3 atom stereocenters. The lowest BCUT2D eigenvalue weighted by molar-refractivity contribution is -0.147. The van der Waals surface area contributed by atoms with Crippen molar-refractivity contribution in [3.05, 3.63) is 90.3 Å². The van der Waals surface area contributed by atoms with Gasteiger partial charge >= 0.3 is 17.9 Å². The molecule has 0 amide bonds. The van der Waals surface area contributed by atoms with Crippen molar-refractivity contribution < 1.29 is 45.0 Å². The van der Waals surface area contributed by atoms with E-state index in [1.807, 2.05) is 0 Å². The molecule has 0 aromatic carbocycles. The van der Waals surface area contributed by atoms with E-state index in [1.54, 1.807) is 18.2 Å². The number of aliphatic carboxylic acids is 3. The number of aliphatic hydroxyl groups is 3. The summed E-state index contributed by atoms with van der Waals surface area (Å²) in [5, 5.41) is 51.9. The Morgan fingerprint density at radius 1 is 0.606 bits per heavy atom. The van der Waals surface area contributed by atoms with Gasteiger partial charge in [-0.25, -0.2) is 14.4 Å². The molecule has 3 rings (SSSR count). The fourth-order valence-corrected chi connectivity index (χ4v) is 2.03. The molecule has 0 aliphatic rings. The van der Waals surface area contributed by atoms with E-state index in [0.29, 0.717) is 11.1 Å². The fourth-order valence-electron chi connectivity index (χ4n) is 2.03. The second kappa shape index (κ2) is 13.9. The molecule has 0 spiro atoms. The number of aliphatic hydroxyl groups excluding tert-OH is 3. The lowest BCUT2D eigenvalue weighted by Crippen LogP contribution is -2.11. The van der Waals surface area contributed by atoms with Gasteiger partial charge in [-0.2, -0.15) is 0 Å². The van der Waals surface area contributed by atoms with Crippen LogP contribution in [-0.2, 0) is 14.4 Å². The molecule has 0 saturated carbocycles. The molecule has 6 N–H and O–H groups in total. The lowest BCUT2D eigenvalue weighted by atomic mass is 10.1. The van der Waals surface area contributed by atoms with E-state index in [-0.39, 0.29) is 5.69 Å². The Labute approximate surface area is 187 Å². The van der Waals surface area contributed by atoms with Crippen molar-refractivity contribution in [2.24, 2.45) is 0 Å². The van der Waals surface area contributed by atoms with Crippen molar-refractivity contribution in [2.75, 3.05) is 0 Å². The number of rotatable bonds is 6. The van der Waals surface area contributed by atoms with Gasteiger partial charge in [0.2, 0.25) is 0 Å². The molecule has 0 fully saturated rings. The maximum Gasteiger partial charge on any atom is 0.338 e. The molecule has 0 bridgehead atoms. The third-order valence-corrected chi connectivity index (χ3v) is 3.69. The third-order valence-electron chi connectivity index (χ3n) is 3.69. The summed E-state index contributed by atoms with van der Waals surface area (Å²) in [5.41, 5.74) is 0.785. The number of carboxylic acid groups (broad SMARTS) is 3. The molecule has 0 radical (unpaired) electrons. The summed E-state index contributed by atoms with van der Waals surface area (Å²) in [6, 6.07) is 10.7. The molecule has 3 aromatic rings. The Morgan fingerprint density at radius 3 is 1.64 bits per heavy atom. The molecule has 0 aliphatic heterocycles. The first-order valence-corrected chi connectivity index (χ1v) is 9.08. The number of pyridine rings is 3. The minimum absolute atomic E-state index is 0.153. The van der Waals surface area contributed by atoms with Crippen LogP contribution in [0.4, 0.5) is 0 Å². The van der Waals surface area contributed by atoms with Gasteiger partial charge in [0.25, 0.3) is 0 Å². The number of nitrogens with zero attached hydrogens (tertiary/aromatic N) is 3. The largest absolute Gasteiger partial charge is 0.479 e. The van der Waals surface area contributed by atoms with Crippen molar-refractivity contribution >= 4 is 17.9 Å². The second-order valence-electron chi connectivity index (χ2n) is 6.04. The summed E-state index contributed by atoms with van der Waals surface area (Å²) in [4.78, 5) is 41.7. The molecule has 3 aromatic heterocycles. The Hall–Kier alpha value is -4.26. The lowest BCUT2D eigenvalue weighted by Gasteiger charge is -2.02. The van der Waals surface area contributed by atoms with Crippen LogP contribution in [0.15, 0.2) is 73.4 Å². The van der Waals surface area contributed by atoms with Gasteiger partial charge < -0.3 is 30.6 Å². The van der Waals surface area contributed by atoms with Crippen LogP contribution >= 0.6 is 0 Å². The number of carboxylic acids is 3. The van der Waals surface area contributed by atoms with Gasteiger partial charge in [-0.1, -0.05) is 12.1 Å². The minimum Gasteiger partial charge on any atom is -0.479 e. The zero-order valence-corrected chi connectivity index (χ0v) is 16.9. The van der Waals surface area contributed by atoms with E-state index >= 15 is 0 Å². The van der Waals surface area contributed by atoms with Crippen LogP contribution in [0.5, 0.6) is 0 Å². The summed E-state index contributed by atoms with van der Waals surface area (Å²) < 4.78 is 0. The van der Waals surface area contributed by atoms with Crippen LogP contribution in [0.3, 0.4) is 0 Å². The van der Waals surface area contributed by atoms with Gasteiger partial charge in [-0.15, -0.1) is 0 Å². The van der Waals surface area contributed by atoms with Crippen LogP contribution in [0, 0.1) is 0 Å². The van der Waals surface area contributed by atoms with Gasteiger partial charge in [0.1, 0.15) is 0 Å². The number of hydrogen-bond acceptors (Lipinski definition) is 9. The fraction of sp³-hybridized carbons (Fsp3) is 0.143. The van der Waals surface area contributed by atoms with Crippen molar-refractivity contribution in [1.29, 1.82) is 0 Å². The van der Waals surface area contributed by atoms with Crippen LogP contribution in [0.2, 0.25) is 0 Å². The zero-order valence-electron chi connectivity index (χ0n) is 16.9. The molecule has 3 heterocycles. The van der Waals surface area contributed by atoms with E-state index in [2.05, 4.69) is 15.0 Å². The van der Waals surface area contributed by atoms with E-state index in [0.717, 1.165) is 0 Å². The molecular weight excluding hydrogens is 438 g/mol. The summed E-state index contributed by atoms with van der Waals surface area (Å²) in [7, 11) is 0. The Kier molecular flexibility index (Phi) is 11.3. The smallest absolute Gasteiger partial charge is 0.338 e. The summed E-state index contributed by atoms with van der Waals surface area (Å²) in [6.07, 6.45) is 2.69. The monoisotopic (exact) mass is 459 g/mol. The van der Waals surface area contributed by atoms with Gasteiger partial charge in [-0.05, 0) is 35.9 Å². The third kappa shape index (κ3) is 9.61. The number of aromatic nitrogens is 3. The second-order valence-corrected chi connectivity index (χ2v) is 6.04. The van der Waals surface area contributed by atoms with Crippen molar-refractivity contribution in [3.63, 3.8) is 0 Å². The molecule has 174 valence electrons. The first-order valence-electron chi connectivity index (χ1n) is 9.08. The van der Waals surface area contributed by atoms with E-state index in [4.69, 9.17) is 30.6 Å². The molecular formula is C21H21N3O9. The van der Waals surface area contributed by atoms with Crippen LogP contribution in [-0.4, -0.2) is 63.5 Å². The van der Waals surface area contributed by atoms with Crippen molar-refractivity contribution in [2.45, 2.75) is 18.3 Å². The zero-order chi connectivity index (χ0) is 24.8. The molecule has 12 nitrogen and oxygen atoms in total. The topological polar surface area (TPSA) is 211 Å². The van der Waals surface area contributed by atoms with Crippen LogP contribution in [0.1, 0.15) is 35.1 Å². The average Bonchev–Trinajstić information content (AvgIpc) is 2.84. The summed E-state index contributed by atoms with van der Waals surface area (Å²) in [6.45, 7) is 0. The Morgan fingerprint density at radius 2 is 1.18 bits per heavy atom. The highest BCUT2D eigenvalue weighted by atomic mass is 16.4. The number of hydrogen-bond donors (Lipinski definition) is 6. The Bertz CT molecular complexity index is 873. The molecule has 33 heavy (non-hydrogen) atoms. The molecule has 3 unspecified atom stereocenters. The normalized spacial score (nSPS) is 12.5. The summed E-state index contributed by atoms with van der Waals surface area (Å²) in [5.74, 6) is -3.81. The highest BCUT2D eigenvalue weighted by Gasteiger charge is 2.16. The summed E-state index contributed by atoms with van der Waals surface area (Å²) >= 11 is 0. The van der Waals surface area contributed by atoms with Gasteiger partial charge in [0.05, 0.1) is 5.69 Å². The molecule has 12 heteroatoms. The maximum absolute atomic E-state index is 10.2. The predicted octanol–water partition coefficient (Wildman–Crippen LogP) is 0.599. The first-order chi connectivity index (χ1) is 15.6. The van der Waals surface area contributed by atoms with Gasteiger partial charge in [-0.3, -0.25) is 15.0 Å². The minimum atomic E-state index is -1.52. The maximum atomic E-state index is 10.2. The molecule has 0 aliphatic carbocycles. The van der Waals surface area contributed by atoms with Crippen molar-refractivity contribution in [1.82, 2.24) is 15.0 Å². The van der Waals surface area contributed by atoms with Crippen molar-refractivity contribution in [3.8, 4) is 0 Å². The quantitative estimate of drug-likeness (QED) is 0.299. The van der Waals surface area contributed by atoms with E-state index < -0.39 is 36.2 Å². The number of carbonyl (C=O) groups is 3. The predicted molar refractivity (Wildman–Crippen MR) is 110 cm³/mol. The van der Waals surface area contributed by atoms with Crippen LogP contribution < -0.4 is 0 Å². The highest BCUT2D eigenvalue weighted by Crippen LogP contribution is 2.11. The molecule has 0 saturated heterocycles. The van der Waals surface area contributed by atoms with Gasteiger partial charge in [0.15, 0.2) is 18.3 Å².